The van der Waals surface area contributed by atoms with E-state index in [2.05, 4.69) is 42.8 Å². The van der Waals surface area contributed by atoms with Crippen molar-refractivity contribution in [1.29, 1.82) is 0 Å². The van der Waals surface area contributed by atoms with Gasteiger partial charge in [0.25, 0.3) is 0 Å². The van der Waals surface area contributed by atoms with Crippen LogP contribution in [0.15, 0.2) is 6.20 Å². The molecule has 4 heteroatoms. The summed E-state index contributed by atoms with van der Waals surface area (Å²) in [6.45, 7) is 8.83. The van der Waals surface area contributed by atoms with Crippen LogP contribution in [0.3, 0.4) is 0 Å². The van der Waals surface area contributed by atoms with Crippen LogP contribution in [0, 0.1) is 5.41 Å². The van der Waals surface area contributed by atoms with E-state index in [-0.39, 0.29) is 5.41 Å². The third kappa shape index (κ3) is 2.00. The summed E-state index contributed by atoms with van der Waals surface area (Å²) in [5.41, 5.74) is 6.95. The number of nitrogens with one attached hydrogen (secondary N) is 1. The summed E-state index contributed by atoms with van der Waals surface area (Å²) in [6, 6.07) is 0.405. The van der Waals surface area contributed by atoms with Crippen LogP contribution < -0.4 is 10.6 Å². The van der Waals surface area contributed by atoms with Crippen molar-refractivity contribution in [2.24, 2.45) is 5.41 Å². The highest BCUT2D eigenvalue weighted by Gasteiger charge is 2.25. The number of H-pyrrole nitrogens is 1. The fraction of sp³-hybridized carbons (Fsp3) is 0.700. The smallest absolute Gasteiger partial charge is 0.142 e. The molecule has 1 atom stereocenters. The van der Waals surface area contributed by atoms with E-state index in [0.29, 0.717) is 11.9 Å². The normalized spacial score (nSPS) is 14.1. The summed E-state index contributed by atoms with van der Waals surface area (Å²) in [6.07, 6.45) is 1.76. The van der Waals surface area contributed by atoms with Gasteiger partial charge >= 0.3 is 0 Å². The van der Waals surface area contributed by atoms with Crippen LogP contribution in [0.5, 0.6) is 0 Å². The van der Waals surface area contributed by atoms with Crippen LogP contribution >= 0.6 is 0 Å². The lowest BCUT2D eigenvalue weighted by atomic mass is 9.87. The minimum Gasteiger partial charge on any atom is -0.382 e. The highest BCUT2D eigenvalue weighted by Crippen LogP contribution is 2.29. The predicted molar refractivity (Wildman–Crippen MR) is 60.3 cm³/mol. The number of aromatic amines is 1. The van der Waals surface area contributed by atoms with E-state index in [1.807, 2.05) is 7.05 Å². The van der Waals surface area contributed by atoms with E-state index < -0.39 is 0 Å². The Bertz CT molecular complexity index is 297. The molecule has 4 nitrogen and oxygen atoms in total. The standard InChI is InChI=1S/C10H20N4/c1-7(10(2,3)4)14(5)8-6-12-13-9(8)11/h6-7H,1-5H3,(H3,11,12,13). The van der Waals surface area contributed by atoms with Crippen molar-refractivity contribution in [2.75, 3.05) is 17.7 Å². The van der Waals surface area contributed by atoms with Crippen molar-refractivity contribution < 1.29 is 0 Å². The van der Waals surface area contributed by atoms with Crippen molar-refractivity contribution in [3.8, 4) is 0 Å². The van der Waals surface area contributed by atoms with Gasteiger partial charge in [-0.25, -0.2) is 0 Å². The molecule has 0 aliphatic heterocycles. The maximum absolute atomic E-state index is 5.76. The van der Waals surface area contributed by atoms with Crippen LogP contribution in [-0.4, -0.2) is 23.3 Å². The summed E-state index contributed by atoms with van der Waals surface area (Å²) < 4.78 is 0. The number of nitrogens with two attached hydrogens (primary N) is 1. The van der Waals surface area contributed by atoms with Gasteiger partial charge in [0.1, 0.15) is 5.82 Å². The Morgan fingerprint density at radius 2 is 2.07 bits per heavy atom. The summed E-state index contributed by atoms with van der Waals surface area (Å²) in [4.78, 5) is 2.15. The molecule has 0 radical (unpaired) electrons. The van der Waals surface area contributed by atoms with Crippen LogP contribution in [-0.2, 0) is 0 Å². The molecule has 1 aromatic rings. The number of nitrogens with zero attached hydrogens (tertiary/aromatic N) is 2. The van der Waals surface area contributed by atoms with Gasteiger partial charge in [0.2, 0.25) is 0 Å². The summed E-state index contributed by atoms with van der Waals surface area (Å²) in [5, 5.41) is 6.66. The molecule has 1 unspecified atom stereocenters. The van der Waals surface area contributed by atoms with Crippen LogP contribution in [0.1, 0.15) is 27.7 Å². The zero-order valence-corrected chi connectivity index (χ0v) is 9.63. The third-order valence-electron chi connectivity index (χ3n) is 2.86. The molecule has 80 valence electrons. The molecule has 1 rings (SSSR count). The minimum atomic E-state index is 0.221. The van der Waals surface area contributed by atoms with E-state index in [1.54, 1.807) is 6.20 Å². The number of nitrogen functional groups attached to an aromatic ring is 1. The highest BCUT2D eigenvalue weighted by molar-refractivity contribution is 5.62. The van der Waals surface area contributed by atoms with E-state index >= 15 is 0 Å². The second-order valence-corrected chi connectivity index (χ2v) is 4.82. The Morgan fingerprint density at radius 3 is 2.43 bits per heavy atom. The number of rotatable bonds is 2. The first-order chi connectivity index (χ1) is 6.34. The Balaban J connectivity index is 2.86. The molecule has 14 heavy (non-hydrogen) atoms. The van der Waals surface area contributed by atoms with Gasteiger partial charge in [0.15, 0.2) is 0 Å². The predicted octanol–water partition coefficient (Wildman–Crippen LogP) is 1.86. The molecule has 0 aliphatic carbocycles. The Hall–Kier alpha value is -1.19. The second-order valence-electron chi connectivity index (χ2n) is 4.82. The SMILES string of the molecule is CC(N(C)c1cn[nH]c1N)C(C)(C)C. The number of hydrogen-bond acceptors (Lipinski definition) is 3. The van der Waals surface area contributed by atoms with Crippen molar-refractivity contribution in [2.45, 2.75) is 33.7 Å². The Morgan fingerprint density at radius 1 is 1.50 bits per heavy atom. The number of anilines is 2. The Kier molecular flexibility index (Phi) is 2.73. The summed E-state index contributed by atoms with van der Waals surface area (Å²) >= 11 is 0. The molecule has 0 spiro atoms. The second kappa shape index (κ2) is 3.52. The lowest BCUT2D eigenvalue weighted by Crippen LogP contribution is -2.39. The third-order valence-corrected chi connectivity index (χ3v) is 2.86. The Labute approximate surface area is 85.5 Å². The zero-order valence-electron chi connectivity index (χ0n) is 9.63. The molecule has 0 bridgehead atoms. The van der Waals surface area contributed by atoms with Gasteiger partial charge in [-0.3, -0.25) is 5.10 Å². The van der Waals surface area contributed by atoms with E-state index in [0.717, 1.165) is 5.69 Å². The summed E-state index contributed by atoms with van der Waals surface area (Å²) in [5.74, 6) is 0.628. The number of aromatic nitrogens is 2. The largest absolute Gasteiger partial charge is 0.382 e. The molecule has 1 aromatic heterocycles. The average Bonchev–Trinajstić information content (AvgIpc) is 2.47. The molecule has 0 saturated carbocycles. The molecule has 3 N–H and O–H groups in total. The van der Waals surface area contributed by atoms with E-state index in [1.165, 1.54) is 0 Å². The van der Waals surface area contributed by atoms with Gasteiger partial charge in [-0.15, -0.1) is 0 Å². The molecule has 0 amide bonds. The van der Waals surface area contributed by atoms with E-state index in [9.17, 15) is 0 Å². The van der Waals surface area contributed by atoms with E-state index in [4.69, 9.17) is 5.73 Å². The van der Waals surface area contributed by atoms with Crippen LogP contribution in [0.2, 0.25) is 0 Å². The maximum atomic E-state index is 5.76. The quantitative estimate of drug-likeness (QED) is 0.759. The first-order valence-corrected chi connectivity index (χ1v) is 4.85. The highest BCUT2D eigenvalue weighted by atomic mass is 15.2. The fourth-order valence-electron chi connectivity index (χ4n) is 1.36. The topological polar surface area (TPSA) is 57.9 Å². The van der Waals surface area contributed by atoms with Gasteiger partial charge < -0.3 is 10.6 Å². The molecular weight excluding hydrogens is 176 g/mol. The molecule has 0 saturated heterocycles. The number of hydrogen-bond donors (Lipinski definition) is 2. The lowest BCUT2D eigenvalue weighted by Gasteiger charge is -2.36. The van der Waals surface area contributed by atoms with Crippen molar-refractivity contribution in [1.82, 2.24) is 10.2 Å². The first-order valence-electron chi connectivity index (χ1n) is 4.85. The van der Waals surface area contributed by atoms with Crippen molar-refractivity contribution >= 4 is 11.5 Å². The first kappa shape index (κ1) is 10.9. The maximum Gasteiger partial charge on any atom is 0.142 e. The van der Waals surface area contributed by atoms with Crippen molar-refractivity contribution in [3.63, 3.8) is 0 Å². The molecule has 0 aromatic carbocycles. The fourth-order valence-corrected chi connectivity index (χ4v) is 1.36. The molecule has 0 fully saturated rings. The van der Waals surface area contributed by atoms with Gasteiger partial charge in [-0.1, -0.05) is 20.8 Å². The van der Waals surface area contributed by atoms with Gasteiger partial charge in [0, 0.05) is 13.1 Å². The van der Waals surface area contributed by atoms with Crippen molar-refractivity contribution in [3.05, 3.63) is 6.20 Å². The van der Waals surface area contributed by atoms with Crippen LogP contribution in [0.25, 0.3) is 0 Å². The average molecular weight is 196 g/mol. The monoisotopic (exact) mass is 196 g/mol. The zero-order chi connectivity index (χ0) is 10.9. The molecular formula is C10H20N4. The summed E-state index contributed by atoms with van der Waals surface area (Å²) in [7, 11) is 2.04. The van der Waals surface area contributed by atoms with Crippen LogP contribution in [0.4, 0.5) is 11.5 Å². The van der Waals surface area contributed by atoms with Gasteiger partial charge in [-0.05, 0) is 12.3 Å². The molecule has 0 aliphatic rings. The van der Waals surface area contributed by atoms with Gasteiger partial charge in [0.05, 0.1) is 11.9 Å². The minimum absolute atomic E-state index is 0.221. The molecule has 1 heterocycles. The van der Waals surface area contributed by atoms with Gasteiger partial charge in [-0.2, -0.15) is 5.10 Å². The lowest BCUT2D eigenvalue weighted by molar-refractivity contribution is 0.330.